The summed E-state index contributed by atoms with van der Waals surface area (Å²) in [6.07, 6.45) is 7.28. The first-order valence-corrected chi connectivity index (χ1v) is 12.1. The molecule has 0 spiro atoms. The van der Waals surface area contributed by atoms with E-state index in [1.165, 1.54) is 11.8 Å². The molecule has 2 saturated heterocycles. The van der Waals surface area contributed by atoms with Crippen molar-refractivity contribution < 1.29 is 4.74 Å². The zero-order valence-electron chi connectivity index (χ0n) is 20.2. The van der Waals surface area contributed by atoms with Gasteiger partial charge in [0, 0.05) is 45.0 Å². The SMILES string of the molecule is C=C(/C=C\C=C/N)N1CCN(Cc2nnc(CN3CCOCC3)n2[C@@H](C)c2ccccc2)CC1. The van der Waals surface area contributed by atoms with Crippen molar-refractivity contribution >= 4 is 0 Å². The molecule has 2 fully saturated rings. The summed E-state index contributed by atoms with van der Waals surface area (Å²) in [4.78, 5) is 7.19. The second-order valence-electron chi connectivity index (χ2n) is 8.88. The van der Waals surface area contributed by atoms with Crippen molar-refractivity contribution in [2.45, 2.75) is 26.1 Å². The highest BCUT2D eigenvalue weighted by molar-refractivity contribution is 5.21. The van der Waals surface area contributed by atoms with Crippen molar-refractivity contribution in [3.63, 3.8) is 0 Å². The molecule has 4 rings (SSSR count). The number of nitrogens with two attached hydrogens (primary N) is 1. The average Bonchev–Trinajstić information content (AvgIpc) is 3.26. The van der Waals surface area contributed by atoms with E-state index in [0.29, 0.717) is 0 Å². The maximum atomic E-state index is 5.53. The van der Waals surface area contributed by atoms with Crippen LogP contribution in [0.1, 0.15) is 30.2 Å². The van der Waals surface area contributed by atoms with Crippen LogP contribution in [0.3, 0.4) is 0 Å². The quantitative estimate of drug-likeness (QED) is 0.572. The molecule has 8 heteroatoms. The van der Waals surface area contributed by atoms with Gasteiger partial charge < -0.3 is 19.9 Å². The van der Waals surface area contributed by atoms with Crippen LogP contribution in [0.15, 0.2) is 67.0 Å². The van der Waals surface area contributed by atoms with Gasteiger partial charge >= 0.3 is 0 Å². The van der Waals surface area contributed by atoms with E-state index in [2.05, 4.69) is 73.3 Å². The highest BCUT2D eigenvalue weighted by Gasteiger charge is 2.24. The van der Waals surface area contributed by atoms with Gasteiger partial charge in [-0.25, -0.2) is 0 Å². The van der Waals surface area contributed by atoms with Crippen molar-refractivity contribution in [1.29, 1.82) is 0 Å². The fraction of sp³-hybridized carbons (Fsp3) is 0.462. The lowest BCUT2D eigenvalue weighted by molar-refractivity contribution is 0.0324. The highest BCUT2D eigenvalue weighted by Crippen LogP contribution is 2.23. The number of ether oxygens (including phenoxy) is 1. The molecule has 0 aliphatic carbocycles. The number of morpholine rings is 1. The molecule has 3 heterocycles. The fourth-order valence-electron chi connectivity index (χ4n) is 4.59. The lowest BCUT2D eigenvalue weighted by Crippen LogP contribution is -2.45. The molecule has 2 aliphatic rings. The number of benzene rings is 1. The third kappa shape index (κ3) is 6.14. The van der Waals surface area contributed by atoms with Gasteiger partial charge in [-0.05, 0) is 30.8 Å². The number of hydrogen-bond donors (Lipinski definition) is 1. The molecular weight excluding hydrogens is 426 g/mol. The van der Waals surface area contributed by atoms with E-state index in [9.17, 15) is 0 Å². The molecule has 1 aromatic heterocycles. The van der Waals surface area contributed by atoms with Crippen LogP contribution in [0, 0.1) is 0 Å². The Labute approximate surface area is 203 Å². The summed E-state index contributed by atoms with van der Waals surface area (Å²) < 4.78 is 7.87. The number of allylic oxidation sites excluding steroid dienone is 3. The van der Waals surface area contributed by atoms with Crippen LogP contribution in [0.5, 0.6) is 0 Å². The van der Waals surface area contributed by atoms with Crippen molar-refractivity contribution in [2.75, 3.05) is 52.5 Å². The Balaban J connectivity index is 1.46. The predicted molar refractivity (Wildman–Crippen MR) is 135 cm³/mol. The molecule has 0 saturated carbocycles. The van der Waals surface area contributed by atoms with Crippen molar-refractivity contribution in [3.8, 4) is 0 Å². The van der Waals surface area contributed by atoms with Gasteiger partial charge in [-0.15, -0.1) is 10.2 Å². The Morgan fingerprint density at radius 3 is 2.21 bits per heavy atom. The molecule has 2 N–H and O–H groups in total. The summed E-state index contributed by atoms with van der Waals surface area (Å²) in [5.74, 6) is 2.05. The Morgan fingerprint density at radius 2 is 1.59 bits per heavy atom. The summed E-state index contributed by atoms with van der Waals surface area (Å²) in [5.41, 5.74) is 7.70. The van der Waals surface area contributed by atoms with Gasteiger partial charge in [0.15, 0.2) is 0 Å². The first kappa shape index (κ1) is 24.2. The number of rotatable bonds is 9. The van der Waals surface area contributed by atoms with Gasteiger partial charge in [0.05, 0.1) is 32.3 Å². The summed E-state index contributed by atoms with van der Waals surface area (Å²) in [6.45, 7) is 15.3. The predicted octanol–water partition coefficient (Wildman–Crippen LogP) is 2.38. The Hall–Kier alpha value is -2.94. The van der Waals surface area contributed by atoms with Crippen LogP contribution in [-0.2, 0) is 17.8 Å². The van der Waals surface area contributed by atoms with Gasteiger partial charge in [0.1, 0.15) is 11.6 Å². The molecule has 0 unspecified atom stereocenters. The Morgan fingerprint density at radius 1 is 0.971 bits per heavy atom. The monoisotopic (exact) mass is 463 g/mol. The van der Waals surface area contributed by atoms with E-state index in [1.807, 2.05) is 18.2 Å². The summed E-state index contributed by atoms with van der Waals surface area (Å²) in [7, 11) is 0. The molecule has 34 heavy (non-hydrogen) atoms. The topological polar surface area (TPSA) is 75.7 Å². The van der Waals surface area contributed by atoms with Crippen LogP contribution in [0.4, 0.5) is 0 Å². The summed E-state index contributed by atoms with van der Waals surface area (Å²) >= 11 is 0. The third-order valence-electron chi connectivity index (χ3n) is 6.63. The van der Waals surface area contributed by atoms with Crippen LogP contribution in [0.25, 0.3) is 0 Å². The molecule has 0 radical (unpaired) electrons. The maximum Gasteiger partial charge on any atom is 0.147 e. The molecule has 0 amide bonds. The fourth-order valence-corrected chi connectivity index (χ4v) is 4.59. The lowest BCUT2D eigenvalue weighted by Gasteiger charge is -2.36. The minimum absolute atomic E-state index is 0.170. The Kier molecular flexibility index (Phi) is 8.51. The first-order valence-electron chi connectivity index (χ1n) is 12.1. The molecule has 2 aromatic rings. The second kappa shape index (κ2) is 12.0. The summed E-state index contributed by atoms with van der Waals surface area (Å²) in [6, 6.07) is 10.8. The smallest absolute Gasteiger partial charge is 0.147 e. The minimum Gasteiger partial charge on any atom is -0.405 e. The van der Waals surface area contributed by atoms with Gasteiger partial charge in [0.25, 0.3) is 0 Å². The minimum atomic E-state index is 0.170. The van der Waals surface area contributed by atoms with E-state index in [4.69, 9.17) is 10.5 Å². The van der Waals surface area contributed by atoms with Crippen molar-refractivity contribution in [3.05, 3.63) is 84.2 Å². The second-order valence-corrected chi connectivity index (χ2v) is 8.88. The molecule has 1 atom stereocenters. The standard InChI is InChI=1S/C26H37N7O/c1-22(8-6-7-11-27)32-14-12-30(13-15-32)20-25-28-29-26(21-31-16-18-34-19-17-31)33(25)23(2)24-9-4-3-5-10-24/h3-11,23H,1,12-21,27H2,2H3/b8-6-,11-7-/t23-/m0/s1. The highest BCUT2D eigenvalue weighted by atomic mass is 16.5. The number of aromatic nitrogens is 3. The van der Waals surface area contributed by atoms with E-state index in [0.717, 1.165) is 82.9 Å². The zero-order chi connectivity index (χ0) is 23.8. The third-order valence-corrected chi connectivity index (χ3v) is 6.63. The number of nitrogens with zero attached hydrogens (tertiary/aromatic N) is 6. The van der Waals surface area contributed by atoms with E-state index in [-0.39, 0.29) is 6.04 Å². The molecular formula is C26H37N7O. The molecule has 1 aromatic carbocycles. The van der Waals surface area contributed by atoms with Crippen LogP contribution in [-0.4, -0.2) is 81.9 Å². The largest absolute Gasteiger partial charge is 0.405 e. The van der Waals surface area contributed by atoms with Crippen molar-refractivity contribution in [1.82, 2.24) is 29.5 Å². The lowest BCUT2D eigenvalue weighted by atomic mass is 10.1. The van der Waals surface area contributed by atoms with Gasteiger partial charge in [-0.1, -0.05) is 43.0 Å². The van der Waals surface area contributed by atoms with E-state index >= 15 is 0 Å². The molecule has 182 valence electrons. The molecule has 0 bridgehead atoms. The van der Waals surface area contributed by atoms with Crippen LogP contribution in [0.2, 0.25) is 0 Å². The van der Waals surface area contributed by atoms with Crippen LogP contribution < -0.4 is 5.73 Å². The number of piperazine rings is 1. The number of hydrogen-bond acceptors (Lipinski definition) is 7. The molecule has 2 aliphatic heterocycles. The van der Waals surface area contributed by atoms with Crippen LogP contribution >= 0.6 is 0 Å². The van der Waals surface area contributed by atoms with E-state index in [1.54, 1.807) is 0 Å². The summed E-state index contributed by atoms with van der Waals surface area (Å²) in [5, 5.41) is 9.34. The molecule has 8 nitrogen and oxygen atoms in total. The zero-order valence-corrected chi connectivity index (χ0v) is 20.2. The Bertz CT molecular complexity index is 970. The normalized spacial score (nSPS) is 19.3. The van der Waals surface area contributed by atoms with Gasteiger partial charge in [-0.2, -0.15) is 0 Å². The van der Waals surface area contributed by atoms with Gasteiger partial charge in [0.2, 0.25) is 0 Å². The van der Waals surface area contributed by atoms with E-state index < -0.39 is 0 Å². The van der Waals surface area contributed by atoms with Gasteiger partial charge in [-0.3, -0.25) is 9.80 Å². The maximum absolute atomic E-state index is 5.53. The first-order chi connectivity index (χ1) is 16.7. The average molecular weight is 464 g/mol. The van der Waals surface area contributed by atoms with Crippen molar-refractivity contribution in [2.24, 2.45) is 5.73 Å².